The van der Waals surface area contributed by atoms with Crippen molar-refractivity contribution >= 4 is 29.1 Å². The number of rotatable bonds is 10. The first kappa shape index (κ1) is 34.1. The van der Waals surface area contributed by atoms with Gasteiger partial charge in [-0.05, 0) is 60.9 Å². The van der Waals surface area contributed by atoms with Crippen LogP contribution < -0.4 is 24.3 Å². The van der Waals surface area contributed by atoms with Crippen molar-refractivity contribution in [1.29, 1.82) is 0 Å². The number of hydrogen-bond donors (Lipinski definition) is 1. The van der Waals surface area contributed by atoms with Crippen molar-refractivity contribution in [2.45, 2.75) is 44.4 Å². The second-order valence-corrected chi connectivity index (χ2v) is 12.1. The van der Waals surface area contributed by atoms with Gasteiger partial charge >= 0.3 is 11.9 Å². The standard InChI is InChI=1S/C35H44N2O10/c1-19(38)36-27-17-24(41-2)8-9-25(27)20-10-11-37-18-22-15-30(33(45-6)31(35(40)46-7)26(22)16-23(37)12-20)47-34(39)21-13-28(42-3)32(44-5)29(14-21)43-4/h8-9,12-14,17,22-23,26,30-31,33H,10-11,15-16,18H2,1-7H3,(H,36,38)/t22-,23-,26+,30-,31+,33+/m1/s1. The third-order valence-electron chi connectivity index (χ3n) is 9.62. The fraction of sp³-hybridized carbons (Fsp3) is 0.514. The van der Waals surface area contributed by atoms with E-state index in [9.17, 15) is 14.4 Å². The van der Waals surface area contributed by atoms with Gasteiger partial charge in [-0.1, -0.05) is 6.08 Å². The summed E-state index contributed by atoms with van der Waals surface area (Å²) in [5.41, 5.74) is 3.00. The van der Waals surface area contributed by atoms with Crippen LogP contribution in [0.2, 0.25) is 0 Å². The van der Waals surface area contributed by atoms with Crippen molar-refractivity contribution in [2.24, 2.45) is 17.8 Å². The van der Waals surface area contributed by atoms with E-state index in [2.05, 4.69) is 16.3 Å². The van der Waals surface area contributed by atoms with Gasteiger partial charge in [0.25, 0.3) is 0 Å². The van der Waals surface area contributed by atoms with Gasteiger partial charge in [0, 0.05) is 44.8 Å². The molecule has 1 saturated carbocycles. The lowest BCUT2D eigenvalue weighted by Gasteiger charge is -2.52. The third-order valence-corrected chi connectivity index (χ3v) is 9.62. The number of carbonyl (C=O) groups excluding carboxylic acids is 3. The minimum atomic E-state index is -0.707. The molecular formula is C35H44N2O10. The number of fused-ring (bicyclic) bond motifs is 2. The molecule has 0 bridgehead atoms. The van der Waals surface area contributed by atoms with Crippen molar-refractivity contribution in [3.63, 3.8) is 0 Å². The summed E-state index contributed by atoms with van der Waals surface area (Å²) in [5, 5.41) is 2.94. The summed E-state index contributed by atoms with van der Waals surface area (Å²) in [6.45, 7) is 3.01. The Bertz CT molecular complexity index is 1500. The Morgan fingerprint density at radius 2 is 1.62 bits per heavy atom. The average molecular weight is 653 g/mol. The molecule has 2 aromatic carbocycles. The van der Waals surface area contributed by atoms with E-state index >= 15 is 0 Å². The van der Waals surface area contributed by atoms with E-state index < -0.39 is 30.1 Å². The molecule has 1 saturated heterocycles. The molecule has 3 aliphatic rings. The normalized spacial score (nSPS) is 25.3. The third kappa shape index (κ3) is 6.89. The molecule has 12 heteroatoms. The Kier molecular flexibility index (Phi) is 10.6. The Morgan fingerprint density at radius 3 is 2.21 bits per heavy atom. The fourth-order valence-corrected chi connectivity index (χ4v) is 7.51. The summed E-state index contributed by atoms with van der Waals surface area (Å²) in [6, 6.07) is 8.84. The fourth-order valence-electron chi connectivity index (χ4n) is 7.51. The highest BCUT2D eigenvalue weighted by molar-refractivity contribution is 5.93. The zero-order valence-corrected chi connectivity index (χ0v) is 28.0. The number of benzene rings is 2. The number of methoxy groups -OCH3 is 6. The van der Waals surface area contributed by atoms with Crippen LogP contribution in [0, 0.1) is 17.8 Å². The molecule has 0 radical (unpaired) electrons. The summed E-state index contributed by atoms with van der Waals surface area (Å²) in [5.74, 6) is -0.112. The minimum Gasteiger partial charge on any atom is -0.497 e. The van der Waals surface area contributed by atoms with Crippen LogP contribution in [-0.2, 0) is 23.8 Å². The smallest absolute Gasteiger partial charge is 0.338 e. The topological polar surface area (TPSA) is 131 Å². The van der Waals surface area contributed by atoms with E-state index in [4.69, 9.17) is 33.2 Å². The summed E-state index contributed by atoms with van der Waals surface area (Å²) in [4.78, 5) is 41.4. The Balaban J connectivity index is 1.41. The van der Waals surface area contributed by atoms with Crippen molar-refractivity contribution in [1.82, 2.24) is 4.90 Å². The number of hydrogen-bond acceptors (Lipinski definition) is 11. The van der Waals surface area contributed by atoms with Gasteiger partial charge in [-0.15, -0.1) is 0 Å². The molecule has 1 amide bonds. The molecular weight excluding hydrogens is 608 g/mol. The maximum absolute atomic E-state index is 13.6. The zero-order chi connectivity index (χ0) is 33.8. The van der Waals surface area contributed by atoms with Crippen molar-refractivity contribution in [3.8, 4) is 23.0 Å². The average Bonchev–Trinajstić information content (AvgIpc) is 3.08. The first-order valence-corrected chi connectivity index (χ1v) is 15.7. The van der Waals surface area contributed by atoms with E-state index in [1.807, 2.05) is 18.2 Å². The van der Waals surface area contributed by atoms with Gasteiger partial charge in [-0.2, -0.15) is 0 Å². The van der Waals surface area contributed by atoms with Crippen LogP contribution in [0.3, 0.4) is 0 Å². The summed E-state index contributed by atoms with van der Waals surface area (Å²) in [6.07, 6.45) is 2.86. The van der Waals surface area contributed by atoms with Crippen LogP contribution in [0.15, 0.2) is 36.4 Å². The van der Waals surface area contributed by atoms with Crippen LogP contribution in [-0.4, -0.2) is 96.7 Å². The van der Waals surface area contributed by atoms with Gasteiger partial charge < -0.3 is 38.5 Å². The van der Waals surface area contributed by atoms with Crippen LogP contribution in [0.25, 0.3) is 5.57 Å². The molecule has 0 spiro atoms. The highest BCUT2D eigenvalue weighted by atomic mass is 16.6. The van der Waals surface area contributed by atoms with Gasteiger partial charge in [0.05, 0.1) is 52.7 Å². The van der Waals surface area contributed by atoms with E-state index in [-0.39, 0.29) is 29.3 Å². The van der Waals surface area contributed by atoms with Crippen molar-refractivity contribution in [3.05, 3.63) is 47.5 Å². The summed E-state index contributed by atoms with van der Waals surface area (Å²) >= 11 is 0. The molecule has 2 heterocycles. The number of nitrogens with zero attached hydrogens (tertiary/aromatic N) is 1. The van der Waals surface area contributed by atoms with Gasteiger partial charge in [0.2, 0.25) is 11.7 Å². The predicted octanol–water partition coefficient (Wildman–Crippen LogP) is 4.21. The van der Waals surface area contributed by atoms with Crippen LogP contribution in [0.1, 0.15) is 42.1 Å². The monoisotopic (exact) mass is 652 g/mol. The highest BCUT2D eigenvalue weighted by Crippen LogP contribution is 2.47. The van der Waals surface area contributed by atoms with Gasteiger partial charge in [-0.25, -0.2) is 4.79 Å². The lowest BCUT2D eigenvalue weighted by molar-refractivity contribution is -0.175. The molecule has 2 fully saturated rings. The number of piperidine rings is 1. The molecule has 6 atom stereocenters. The SMILES string of the molecule is COC(=O)[C@H]1[C@H]2C[C@H]3C=C(c4ccc(OC)cc4NC(C)=O)CCN3C[C@H]2C[C@@H](OC(=O)c2cc(OC)c(OC)c(OC)c2)[C@@H]1OC. The largest absolute Gasteiger partial charge is 0.497 e. The molecule has 12 nitrogen and oxygen atoms in total. The van der Waals surface area contributed by atoms with E-state index in [0.717, 1.165) is 30.6 Å². The molecule has 2 aliphatic heterocycles. The van der Waals surface area contributed by atoms with E-state index in [0.29, 0.717) is 41.5 Å². The molecule has 5 rings (SSSR count). The molecule has 1 aliphatic carbocycles. The van der Waals surface area contributed by atoms with Crippen molar-refractivity contribution < 1.29 is 47.5 Å². The minimum absolute atomic E-state index is 0.0605. The predicted molar refractivity (Wildman–Crippen MR) is 173 cm³/mol. The maximum Gasteiger partial charge on any atom is 0.338 e. The first-order chi connectivity index (χ1) is 22.6. The number of anilines is 1. The highest BCUT2D eigenvalue weighted by Gasteiger charge is 2.53. The Hall–Kier alpha value is -4.29. The van der Waals surface area contributed by atoms with Crippen molar-refractivity contribution in [2.75, 3.05) is 61.1 Å². The van der Waals surface area contributed by atoms with Crippen LogP contribution in [0.4, 0.5) is 5.69 Å². The molecule has 47 heavy (non-hydrogen) atoms. The maximum atomic E-state index is 13.6. The van der Waals surface area contributed by atoms with Gasteiger partial charge in [0.15, 0.2) is 11.5 Å². The molecule has 0 unspecified atom stereocenters. The van der Waals surface area contributed by atoms with E-state index in [1.165, 1.54) is 54.6 Å². The number of amides is 1. The second kappa shape index (κ2) is 14.6. The lowest BCUT2D eigenvalue weighted by atomic mass is 9.64. The van der Waals surface area contributed by atoms with E-state index in [1.54, 1.807) is 7.11 Å². The quantitative estimate of drug-likeness (QED) is 0.371. The zero-order valence-electron chi connectivity index (χ0n) is 28.0. The van der Waals surface area contributed by atoms with Crippen LogP contribution in [0.5, 0.6) is 23.0 Å². The summed E-state index contributed by atoms with van der Waals surface area (Å²) in [7, 11) is 8.94. The first-order valence-electron chi connectivity index (χ1n) is 15.7. The van der Waals surface area contributed by atoms with Gasteiger partial charge in [0.1, 0.15) is 18.0 Å². The number of carbonyl (C=O) groups is 3. The molecule has 0 aromatic heterocycles. The second-order valence-electron chi connectivity index (χ2n) is 12.1. The molecule has 1 N–H and O–H groups in total. The number of ether oxygens (including phenoxy) is 7. The van der Waals surface area contributed by atoms with Crippen LogP contribution >= 0.6 is 0 Å². The Labute approximate surface area is 275 Å². The lowest BCUT2D eigenvalue weighted by Crippen LogP contribution is -2.59. The van der Waals surface area contributed by atoms with Gasteiger partial charge in [-0.3, -0.25) is 14.5 Å². The number of esters is 2. The Morgan fingerprint density at radius 1 is 0.894 bits per heavy atom. The number of nitrogens with one attached hydrogen (secondary N) is 1. The summed E-state index contributed by atoms with van der Waals surface area (Å²) < 4.78 is 39.0. The molecule has 2 aromatic rings. The molecule has 254 valence electrons.